The van der Waals surface area contributed by atoms with Gasteiger partial charge in [-0.2, -0.15) is 0 Å². The van der Waals surface area contributed by atoms with Gasteiger partial charge in [0.25, 0.3) is 0 Å². The predicted octanol–water partition coefficient (Wildman–Crippen LogP) is 3.17. The summed E-state index contributed by atoms with van der Waals surface area (Å²) >= 11 is 0. The Morgan fingerprint density at radius 3 is 2.58 bits per heavy atom. The van der Waals surface area contributed by atoms with E-state index in [1.807, 2.05) is 0 Å². The van der Waals surface area contributed by atoms with Gasteiger partial charge in [0.15, 0.2) is 0 Å². The van der Waals surface area contributed by atoms with Crippen molar-refractivity contribution >= 4 is 5.97 Å². The molecule has 0 aromatic rings. The zero-order chi connectivity index (χ0) is 17.3. The van der Waals surface area contributed by atoms with Crippen molar-refractivity contribution in [2.24, 2.45) is 28.1 Å². The Morgan fingerprint density at radius 1 is 1.12 bits per heavy atom. The lowest BCUT2D eigenvalue weighted by molar-refractivity contribution is -0.158. The van der Waals surface area contributed by atoms with Gasteiger partial charge in [-0.05, 0) is 66.6 Å². The third-order valence-electron chi connectivity index (χ3n) is 8.31. The molecular formula is C20H30O4. The SMILES string of the molecule is C[C@]1(CO)CCC[C@]2(C)[C@H]3CCC4=C(C(O)OC4=O)[C@]3(C)CC[C@@H]12. The molecule has 2 saturated carbocycles. The summed E-state index contributed by atoms with van der Waals surface area (Å²) in [5.41, 5.74) is 1.62. The normalized spacial score (nSPS) is 50.9. The topological polar surface area (TPSA) is 66.8 Å². The van der Waals surface area contributed by atoms with Crippen LogP contribution in [0.3, 0.4) is 0 Å². The number of aliphatic hydroxyl groups is 2. The van der Waals surface area contributed by atoms with Gasteiger partial charge in [-0.15, -0.1) is 0 Å². The minimum Gasteiger partial charge on any atom is -0.428 e. The van der Waals surface area contributed by atoms with E-state index in [-0.39, 0.29) is 28.8 Å². The van der Waals surface area contributed by atoms with Crippen LogP contribution in [0.1, 0.15) is 65.7 Å². The van der Waals surface area contributed by atoms with E-state index in [9.17, 15) is 15.0 Å². The van der Waals surface area contributed by atoms with Crippen molar-refractivity contribution in [3.63, 3.8) is 0 Å². The summed E-state index contributed by atoms with van der Waals surface area (Å²) in [5, 5.41) is 20.5. The van der Waals surface area contributed by atoms with E-state index in [2.05, 4.69) is 20.8 Å². The Kier molecular flexibility index (Phi) is 3.51. The zero-order valence-corrected chi connectivity index (χ0v) is 15.1. The molecule has 0 spiro atoms. The fourth-order valence-corrected chi connectivity index (χ4v) is 7.26. The number of hydrogen-bond donors (Lipinski definition) is 2. The van der Waals surface area contributed by atoms with Crippen molar-refractivity contribution in [2.45, 2.75) is 72.0 Å². The maximum absolute atomic E-state index is 12.1. The second-order valence-corrected chi connectivity index (χ2v) is 9.42. The molecule has 2 fully saturated rings. The maximum Gasteiger partial charge on any atom is 0.336 e. The average Bonchev–Trinajstić information content (AvgIpc) is 2.82. The van der Waals surface area contributed by atoms with Crippen molar-refractivity contribution in [2.75, 3.05) is 6.61 Å². The molecule has 1 heterocycles. The molecule has 3 aliphatic carbocycles. The summed E-state index contributed by atoms with van der Waals surface area (Å²) in [6.45, 7) is 7.16. The van der Waals surface area contributed by atoms with Gasteiger partial charge < -0.3 is 14.9 Å². The molecule has 4 rings (SSSR count). The monoisotopic (exact) mass is 334 g/mol. The Hall–Kier alpha value is -0.870. The van der Waals surface area contributed by atoms with Gasteiger partial charge in [0, 0.05) is 17.8 Å². The lowest BCUT2D eigenvalue weighted by atomic mass is 9.40. The zero-order valence-electron chi connectivity index (χ0n) is 15.1. The van der Waals surface area contributed by atoms with E-state index in [0.29, 0.717) is 11.8 Å². The molecule has 0 aromatic carbocycles. The van der Waals surface area contributed by atoms with Crippen LogP contribution in [-0.2, 0) is 9.53 Å². The molecule has 4 aliphatic rings. The minimum atomic E-state index is -1.05. The first-order valence-corrected chi connectivity index (χ1v) is 9.50. The second-order valence-electron chi connectivity index (χ2n) is 9.42. The van der Waals surface area contributed by atoms with Crippen molar-refractivity contribution < 1.29 is 19.7 Å². The van der Waals surface area contributed by atoms with Crippen LogP contribution in [0.5, 0.6) is 0 Å². The smallest absolute Gasteiger partial charge is 0.336 e. The van der Waals surface area contributed by atoms with E-state index in [1.54, 1.807) is 0 Å². The highest BCUT2D eigenvalue weighted by Crippen LogP contribution is 2.69. The van der Waals surface area contributed by atoms with Crippen LogP contribution >= 0.6 is 0 Å². The standard InChI is InChI=1S/C20H30O4/c1-18(11-21)8-4-9-19(2)13(18)7-10-20(3)14(19)6-5-12-15(20)17(23)24-16(12)22/h13-14,17,21,23H,4-11H2,1-3H3/t13-,14+,17?,18+,19-,20+/m0/s1. The number of hydrogen-bond acceptors (Lipinski definition) is 4. The van der Waals surface area contributed by atoms with E-state index in [0.717, 1.165) is 49.7 Å². The molecule has 1 aliphatic heterocycles. The number of fused-ring (bicyclic) bond motifs is 4. The van der Waals surface area contributed by atoms with E-state index in [1.165, 1.54) is 6.42 Å². The van der Waals surface area contributed by atoms with Gasteiger partial charge >= 0.3 is 5.97 Å². The third-order valence-corrected chi connectivity index (χ3v) is 8.31. The summed E-state index contributed by atoms with van der Waals surface area (Å²) in [6.07, 6.45) is 6.13. The number of ether oxygens (including phenoxy) is 1. The van der Waals surface area contributed by atoms with Crippen LogP contribution in [-0.4, -0.2) is 29.1 Å². The lowest BCUT2D eigenvalue weighted by Crippen LogP contribution is -2.58. The highest BCUT2D eigenvalue weighted by molar-refractivity contribution is 5.92. The summed E-state index contributed by atoms with van der Waals surface area (Å²) in [6, 6.07) is 0. The van der Waals surface area contributed by atoms with Gasteiger partial charge in [0.2, 0.25) is 6.29 Å². The molecule has 24 heavy (non-hydrogen) atoms. The van der Waals surface area contributed by atoms with Crippen LogP contribution in [0.25, 0.3) is 0 Å². The van der Waals surface area contributed by atoms with Crippen LogP contribution < -0.4 is 0 Å². The highest BCUT2D eigenvalue weighted by Gasteiger charge is 2.63. The van der Waals surface area contributed by atoms with E-state index in [4.69, 9.17) is 4.74 Å². The molecule has 0 aromatic heterocycles. The molecular weight excluding hydrogens is 304 g/mol. The van der Waals surface area contributed by atoms with Crippen molar-refractivity contribution in [3.05, 3.63) is 11.1 Å². The van der Waals surface area contributed by atoms with Gasteiger partial charge in [0.1, 0.15) is 0 Å². The molecule has 134 valence electrons. The first-order chi connectivity index (χ1) is 11.3. The Balaban J connectivity index is 1.78. The van der Waals surface area contributed by atoms with Crippen LogP contribution in [0.15, 0.2) is 11.1 Å². The summed E-state index contributed by atoms with van der Waals surface area (Å²) in [5.74, 6) is 0.644. The number of cyclic esters (lactones) is 1. The number of esters is 1. The number of rotatable bonds is 1. The molecule has 0 radical (unpaired) electrons. The maximum atomic E-state index is 12.1. The van der Waals surface area contributed by atoms with Gasteiger partial charge in [0.05, 0.1) is 0 Å². The Labute approximate surface area is 144 Å². The number of aliphatic hydroxyl groups excluding tert-OH is 2. The van der Waals surface area contributed by atoms with Crippen molar-refractivity contribution in [1.29, 1.82) is 0 Å². The van der Waals surface area contributed by atoms with Crippen LogP contribution in [0, 0.1) is 28.1 Å². The van der Waals surface area contributed by atoms with E-state index < -0.39 is 6.29 Å². The summed E-state index contributed by atoms with van der Waals surface area (Å²) in [4.78, 5) is 12.1. The van der Waals surface area contributed by atoms with E-state index >= 15 is 0 Å². The third kappa shape index (κ3) is 1.90. The molecule has 4 heteroatoms. The largest absolute Gasteiger partial charge is 0.428 e. The Morgan fingerprint density at radius 2 is 1.88 bits per heavy atom. The summed E-state index contributed by atoms with van der Waals surface area (Å²) < 4.78 is 5.16. The van der Waals surface area contributed by atoms with Crippen molar-refractivity contribution in [3.8, 4) is 0 Å². The molecule has 2 N–H and O–H groups in total. The molecule has 0 bridgehead atoms. The first kappa shape index (κ1) is 16.6. The molecule has 0 saturated heterocycles. The van der Waals surface area contributed by atoms with Gasteiger partial charge in [-0.25, -0.2) is 4.79 Å². The highest BCUT2D eigenvalue weighted by atomic mass is 16.6. The lowest BCUT2D eigenvalue weighted by Gasteiger charge is -2.64. The minimum absolute atomic E-state index is 0.00357. The molecule has 0 amide bonds. The second kappa shape index (κ2) is 5.07. The van der Waals surface area contributed by atoms with Crippen molar-refractivity contribution in [1.82, 2.24) is 0 Å². The van der Waals surface area contributed by atoms with Crippen LogP contribution in [0.4, 0.5) is 0 Å². The fraction of sp³-hybridized carbons (Fsp3) is 0.850. The first-order valence-electron chi connectivity index (χ1n) is 9.50. The Bertz CT molecular complexity index is 611. The van der Waals surface area contributed by atoms with Crippen LogP contribution in [0.2, 0.25) is 0 Å². The number of carbonyl (C=O) groups excluding carboxylic acids is 1. The molecule has 6 atom stereocenters. The van der Waals surface area contributed by atoms with Gasteiger partial charge in [-0.1, -0.05) is 27.2 Å². The fourth-order valence-electron chi connectivity index (χ4n) is 7.26. The average molecular weight is 334 g/mol. The molecule has 4 nitrogen and oxygen atoms in total. The number of carbonyl (C=O) groups is 1. The van der Waals surface area contributed by atoms with Gasteiger partial charge in [-0.3, -0.25) is 0 Å². The predicted molar refractivity (Wildman–Crippen MR) is 89.8 cm³/mol. The summed E-state index contributed by atoms with van der Waals surface area (Å²) in [7, 11) is 0. The molecule has 1 unspecified atom stereocenters. The quantitative estimate of drug-likeness (QED) is 0.723.